The Hall–Kier alpha value is -2.29. The number of hydrogen-bond acceptors (Lipinski definition) is 10. The molecule has 0 aliphatic carbocycles. The van der Waals surface area contributed by atoms with Crippen molar-refractivity contribution in [3.05, 3.63) is 29.1 Å². The average molecular weight is 535 g/mol. The summed E-state index contributed by atoms with van der Waals surface area (Å²) in [6.07, 6.45) is 5.22. The molecule has 0 saturated heterocycles. The molecule has 0 aromatic carbocycles. The zero-order chi connectivity index (χ0) is 22.8. The molecule has 0 bridgehead atoms. The van der Waals surface area contributed by atoms with Gasteiger partial charge in [0.1, 0.15) is 15.9 Å². The summed E-state index contributed by atoms with van der Waals surface area (Å²) in [6.45, 7) is 0.161. The Labute approximate surface area is 187 Å². The zero-order valence-electron chi connectivity index (χ0n) is 16.8. The predicted molar refractivity (Wildman–Crippen MR) is 116 cm³/mol. The fourth-order valence-electron chi connectivity index (χ4n) is 2.66. The molecule has 14 heteroatoms. The summed E-state index contributed by atoms with van der Waals surface area (Å²) in [7, 11) is -5.65. The van der Waals surface area contributed by atoms with Gasteiger partial charge >= 0.3 is 0 Å². The number of rotatable bonds is 9. The molecule has 0 saturated carbocycles. The normalized spacial score (nSPS) is 12.3. The van der Waals surface area contributed by atoms with Crippen LogP contribution in [0.3, 0.4) is 0 Å². The minimum absolute atomic E-state index is 0.0143. The Morgan fingerprint density at radius 3 is 2.45 bits per heavy atom. The summed E-state index contributed by atoms with van der Waals surface area (Å²) in [4.78, 5) is 8.49. The van der Waals surface area contributed by atoms with Gasteiger partial charge in [0.15, 0.2) is 0 Å². The van der Waals surface area contributed by atoms with Crippen LogP contribution in [0.15, 0.2) is 29.1 Å². The van der Waals surface area contributed by atoms with Crippen molar-refractivity contribution in [3.8, 4) is 22.9 Å². The third-order valence-electron chi connectivity index (χ3n) is 3.98. The van der Waals surface area contributed by atoms with Crippen molar-refractivity contribution in [1.82, 2.24) is 19.2 Å². The smallest absolute Gasteiger partial charge is 0.264 e. The second-order valence-corrected chi connectivity index (χ2v) is 10.6. The van der Waals surface area contributed by atoms with Crippen LogP contribution in [0.2, 0.25) is 0 Å². The Morgan fingerprint density at radius 1 is 1.06 bits per heavy atom. The van der Waals surface area contributed by atoms with Crippen LogP contribution in [0.1, 0.15) is 6.42 Å². The van der Waals surface area contributed by atoms with Crippen molar-refractivity contribution in [2.45, 2.75) is 6.42 Å². The molecule has 0 spiro atoms. The summed E-state index contributed by atoms with van der Waals surface area (Å²) < 4.78 is 62.8. The summed E-state index contributed by atoms with van der Waals surface area (Å²) in [5.41, 5.74) is 1.35. The van der Waals surface area contributed by atoms with Crippen molar-refractivity contribution in [2.24, 2.45) is 0 Å². The first-order valence-corrected chi connectivity index (χ1v) is 13.2. The molecule has 11 nitrogen and oxygen atoms in total. The van der Waals surface area contributed by atoms with E-state index in [-0.39, 0.29) is 13.2 Å². The van der Waals surface area contributed by atoms with Crippen molar-refractivity contribution in [1.29, 1.82) is 0 Å². The van der Waals surface area contributed by atoms with Crippen LogP contribution in [0.4, 0.5) is 0 Å². The molecular weight excluding hydrogens is 516 g/mol. The van der Waals surface area contributed by atoms with E-state index in [1.54, 1.807) is 12.1 Å². The Balaban J connectivity index is 1.93. The van der Waals surface area contributed by atoms with Gasteiger partial charge in [-0.3, -0.25) is 9.17 Å². The third kappa shape index (κ3) is 5.70. The summed E-state index contributed by atoms with van der Waals surface area (Å²) in [6, 6.07) is 3.30. The number of nitrogens with zero attached hydrogens (tertiary/aromatic N) is 4. The van der Waals surface area contributed by atoms with Crippen LogP contribution < -0.4 is 9.47 Å². The fourth-order valence-corrected chi connectivity index (χ4v) is 4.39. The van der Waals surface area contributed by atoms with Crippen LogP contribution >= 0.6 is 15.9 Å². The number of ether oxygens (including phenoxy) is 2. The highest BCUT2D eigenvalue weighted by molar-refractivity contribution is 9.10. The van der Waals surface area contributed by atoms with E-state index in [0.29, 0.717) is 44.8 Å². The van der Waals surface area contributed by atoms with Gasteiger partial charge < -0.3 is 9.47 Å². The van der Waals surface area contributed by atoms with Crippen molar-refractivity contribution in [3.63, 3.8) is 0 Å². The van der Waals surface area contributed by atoms with E-state index < -0.39 is 20.1 Å². The van der Waals surface area contributed by atoms with E-state index in [2.05, 4.69) is 31.0 Å². The highest BCUT2D eigenvalue weighted by Crippen LogP contribution is 2.34. The standard InChI is InChI=1S/C17H19BrN4O7S2/c1-27-16-8-11(15(10-20-16)28-5-4-6-29-31(3,25)26)13-7-12-14(9-19-13)22(21-17(12)18)30(2,23)24/h7-10H,4-6H2,1-3H3. The van der Waals surface area contributed by atoms with Gasteiger partial charge in [-0.1, -0.05) is 0 Å². The largest absolute Gasteiger partial charge is 0.491 e. The molecule has 3 rings (SSSR count). The van der Waals surface area contributed by atoms with Crippen molar-refractivity contribution >= 4 is 47.0 Å². The molecule has 0 atom stereocenters. The summed E-state index contributed by atoms with van der Waals surface area (Å²) >= 11 is 3.28. The summed E-state index contributed by atoms with van der Waals surface area (Å²) in [5.74, 6) is 0.717. The molecule has 3 heterocycles. The molecular formula is C17H19BrN4O7S2. The van der Waals surface area contributed by atoms with Gasteiger partial charge in [0.2, 0.25) is 5.88 Å². The van der Waals surface area contributed by atoms with Crippen LogP contribution in [0.25, 0.3) is 22.2 Å². The van der Waals surface area contributed by atoms with Gasteiger partial charge in [-0.2, -0.15) is 12.5 Å². The molecule has 31 heavy (non-hydrogen) atoms. The van der Waals surface area contributed by atoms with E-state index >= 15 is 0 Å². The number of aromatic nitrogens is 4. The lowest BCUT2D eigenvalue weighted by Gasteiger charge is -2.12. The van der Waals surface area contributed by atoms with Crippen LogP contribution in [-0.2, 0) is 24.3 Å². The lowest BCUT2D eigenvalue weighted by Crippen LogP contribution is -2.11. The molecule has 168 valence electrons. The number of halogens is 1. The summed E-state index contributed by atoms with van der Waals surface area (Å²) in [5, 5.41) is 4.56. The van der Waals surface area contributed by atoms with E-state index in [0.717, 1.165) is 16.6 Å². The maximum atomic E-state index is 11.9. The van der Waals surface area contributed by atoms with Gasteiger partial charge in [-0.05, 0) is 22.0 Å². The molecule has 0 radical (unpaired) electrons. The molecule has 0 unspecified atom stereocenters. The first-order valence-electron chi connectivity index (χ1n) is 8.76. The Morgan fingerprint density at radius 2 is 1.81 bits per heavy atom. The molecule has 3 aromatic heterocycles. The van der Waals surface area contributed by atoms with Crippen LogP contribution in [0.5, 0.6) is 11.6 Å². The van der Waals surface area contributed by atoms with Gasteiger partial charge in [-0.25, -0.2) is 13.4 Å². The Bertz CT molecular complexity index is 1320. The van der Waals surface area contributed by atoms with Gasteiger partial charge in [0.25, 0.3) is 20.1 Å². The minimum atomic E-state index is -3.61. The zero-order valence-corrected chi connectivity index (χ0v) is 20.0. The maximum Gasteiger partial charge on any atom is 0.264 e. The molecule has 3 aromatic rings. The lowest BCUT2D eigenvalue weighted by atomic mass is 10.1. The average Bonchev–Trinajstić information content (AvgIpc) is 3.03. The first kappa shape index (κ1) is 23.4. The number of fused-ring (bicyclic) bond motifs is 1. The number of hydrogen-bond donors (Lipinski definition) is 0. The molecule has 0 fully saturated rings. The monoisotopic (exact) mass is 534 g/mol. The second kappa shape index (κ2) is 9.06. The number of pyridine rings is 2. The second-order valence-electron chi connectivity index (χ2n) is 6.43. The Kier molecular flexibility index (Phi) is 6.83. The van der Waals surface area contributed by atoms with E-state index in [4.69, 9.17) is 13.7 Å². The van der Waals surface area contributed by atoms with Crippen LogP contribution in [0, 0.1) is 0 Å². The lowest BCUT2D eigenvalue weighted by molar-refractivity contribution is 0.251. The molecule has 0 amide bonds. The van der Waals surface area contributed by atoms with Gasteiger partial charge in [0, 0.05) is 23.4 Å². The van der Waals surface area contributed by atoms with Crippen molar-refractivity contribution in [2.75, 3.05) is 32.8 Å². The number of methoxy groups -OCH3 is 1. The highest BCUT2D eigenvalue weighted by Gasteiger charge is 2.19. The van der Waals surface area contributed by atoms with Gasteiger partial charge in [0.05, 0.1) is 50.9 Å². The molecule has 0 aliphatic rings. The predicted octanol–water partition coefficient (Wildman–Crippen LogP) is 1.82. The quantitative estimate of drug-likeness (QED) is 0.294. The molecule has 0 N–H and O–H groups in total. The first-order chi connectivity index (χ1) is 14.5. The highest BCUT2D eigenvalue weighted by atomic mass is 79.9. The van der Waals surface area contributed by atoms with Gasteiger partial charge in [-0.15, -0.1) is 5.10 Å². The van der Waals surface area contributed by atoms with Crippen molar-refractivity contribution < 1.29 is 30.5 Å². The van der Waals surface area contributed by atoms with E-state index in [1.807, 2.05) is 0 Å². The minimum Gasteiger partial charge on any atom is -0.491 e. The SMILES string of the molecule is COc1cc(-c2cc3c(Br)nn(S(C)(=O)=O)c3cn2)c(OCCCOS(C)(=O)=O)cn1. The third-order valence-corrected chi connectivity index (χ3v) is 6.06. The van der Waals surface area contributed by atoms with Crippen LogP contribution in [-0.4, -0.2) is 68.8 Å². The molecule has 0 aliphatic heterocycles. The van der Waals surface area contributed by atoms with E-state index in [9.17, 15) is 16.8 Å². The topological polar surface area (TPSA) is 140 Å². The maximum absolute atomic E-state index is 11.9. The van der Waals surface area contributed by atoms with E-state index in [1.165, 1.54) is 19.5 Å². The fraction of sp³-hybridized carbons (Fsp3) is 0.353.